The minimum atomic E-state index is -0.660. The Balaban J connectivity index is 1.45. The fourth-order valence-electron chi connectivity index (χ4n) is 4.56. The monoisotopic (exact) mass is 372 g/mol. The number of piperidine rings is 1. The van der Waals surface area contributed by atoms with E-state index in [1.807, 2.05) is 6.07 Å². The number of para-hydroxylation sites is 2. The second-order valence-electron chi connectivity index (χ2n) is 8.84. The SMILES string of the molecule is Cn1c(CN2CC[C@](O)(CN3CCOCC3)C(C)(C)C2)nc2ccccc21. The summed E-state index contributed by atoms with van der Waals surface area (Å²) in [5, 5.41) is 11.5. The Morgan fingerprint density at radius 1 is 1.11 bits per heavy atom. The molecule has 3 heterocycles. The van der Waals surface area contributed by atoms with Crippen LogP contribution in [-0.2, 0) is 18.3 Å². The van der Waals surface area contributed by atoms with Gasteiger partial charge in [0.05, 0.1) is 36.4 Å². The molecule has 6 nitrogen and oxygen atoms in total. The van der Waals surface area contributed by atoms with Crippen LogP contribution in [0.15, 0.2) is 24.3 Å². The van der Waals surface area contributed by atoms with Crippen molar-refractivity contribution in [1.82, 2.24) is 19.4 Å². The lowest BCUT2D eigenvalue weighted by Crippen LogP contribution is -2.62. The highest BCUT2D eigenvalue weighted by Crippen LogP contribution is 2.39. The van der Waals surface area contributed by atoms with Crippen LogP contribution in [0.25, 0.3) is 11.0 Å². The summed E-state index contributed by atoms with van der Waals surface area (Å²) in [7, 11) is 2.09. The number of aryl methyl sites for hydroxylation is 1. The maximum absolute atomic E-state index is 11.5. The van der Waals surface area contributed by atoms with E-state index < -0.39 is 5.60 Å². The molecule has 0 aliphatic carbocycles. The molecule has 2 aliphatic rings. The van der Waals surface area contributed by atoms with Crippen molar-refractivity contribution in [3.8, 4) is 0 Å². The van der Waals surface area contributed by atoms with Gasteiger partial charge in [0.2, 0.25) is 0 Å². The molecule has 0 radical (unpaired) electrons. The standard InChI is InChI=1S/C21H32N4O2/c1-20(2)15-25(9-8-21(20,26)16-24-10-12-27-13-11-24)14-19-22-17-6-4-5-7-18(17)23(19)3/h4-7,26H,8-16H2,1-3H3/t21-/m0/s1. The highest BCUT2D eigenvalue weighted by Gasteiger charge is 2.48. The molecule has 27 heavy (non-hydrogen) atoms. The Morgan fingerprint density at radius 2 is 1.85 bits per heavy atom. The van der Waals surface area contributed by atoms with E-state index in [-0.39, 0.29) is 5.41 Å². The average molecular weight is 373 g/mol. The number of benzene rings is 1. The van der Waals surface area contributed by atoms with E-state index in [0.29, 0.717) is 0 Å². The first-order valence-electron chi connectivity index (χ1n) is 10.0. The van der Waals surface area contributed by atoms with Crippen molar-refractivity contribution < 1.29 is 9.84 Å². The largest absolute Gasteiger partial charge is 0.388 e. The van der Waals surface area contributed by atoms with Crippen LogP contribution in [0.4, 0.5) is 0 Å². The van der Waals surface area contributed by atoms with Crippen molar-refractivity contribution in [3.05, 3.63) is 30.1 Å². The first kappa shape index (κ1) is 18.9. The van der Waals surface area contributed by atoms with Gasteiger partial charge in [-0.3, -0.25) is 9.80 Å². The second-order valence-corrected chi connectivity index (χ2v) is 8.84. The van der Waals surface area contributed by atoms with Crippen molar-refractivity contribution in [2.45, 2.75) is 32.4 Å². The number of aromatic nitrogens is 2. The predicted octanol–water partition coefficient (Wildman–Crippen LogP) is 1.87. The average Bonchev–Trinajstić information content (AvgIpc) is 2.95. The van der Waals surface area contributed by atoms with E-state index in [1.54, 1.807) is 0 Å². The second kappa shape index (κ2) is 7.17. The van der Waals surface area contributed by atoms with Gasteiger partial charge in [0.25, 0.3) is 0 Å². The van der Waals surface area contributed by atoms with E-state index in [4.69, 9.17) is 9.72 Å². The van der Waals surface area contributed by atoms with Crippen LogP contribution >= 0.6 is 0 Å². The van der Waals surface area contributed by atoms with E-state index >= 15 is 0 Å². The van der Waals surface area contributed by atoms with Gasteiger partial charge in [-0.05, 0) is 18.6 Å². The first-order valence-corrected chi connectivity index (χ1v) is 10.0. The Hall–Kier alpha value is -1.47. The van der Waals surface area contributed by atoms with Crippen LogP contribution < -0.4 is 0 Å². The number of ether oxygens (including phenoxy) is 1. The molecule has 0 bridgehead atoms. The summed E-state index contributed by atoms with van der Waals surface area (Å²) in [6, 6.07) is 8.28. The van der Waals surface area contributed by atoms with Crippen LogP contribution in [0.2, 0.25) is 0 Å². The zero-order valence-electron chi connectivity index (χ0n) is 16.8. The molecule has 0 amide bonds. The van der Waals surface area contributed by atoms with Crippen LogP contribution in [0.5, 0.6) is 0 Å². The topological polar surface area (TPSA) is 53.8 Å². The summed E-state index contributed by atoms with van der Waals surface area (Å²) in [6.45, 7) is 11.1. The van der Waals surface area contributed by atoms with Gasteiger partial charge in [-0.25, -0.2) is 4.98 Å². The molecule has 2 aromatic rings. The van der Waals surface area contributed by atoms with Gasteiger partial charge in [0, 0.05) is 45.2 Å². The normalized spacial score (nSPS) is 27.3. The summed E-state index contributed by atoms with van der Waals surface area (Å²) >= 11 is 0. The number of likely N-dealkylation sites (tertiary alicyclic amines) is 1. The van der Waals surface area contributed by atoms with E-state index in [9.17, 15) is 5.11 Å². The number of hydrogen-bond acceptors (Lipinski definition) is 5. The minimum absolute atomic E-state index is 0.172. The third kappa shape index (κ3) is 3.63. The molecule has 0 spiro atoms. The minimum Gasteiger partial charge on any atom is -0.388 e. The summed E-state index contributed by atoms with van der Waals surface area (Å²) in [5.74, 6) is 1.09. The van der Waals surface area contributed by atoms with Crippen LogP contribution in [0.3, 0.4) is 0 Å². The maximum Gasteiger partial charge on any atom is 0.123 e. The number of imidazole rings is 1. The van der Waals surface area contributed by atoms with Gasteiger partial charge in [-0.2, -0.15) is 0 Å². The maximum atomic E-state index is 11.5. The Kier molecular flexibility index (Phi) is 5.01. The molecular weight excluding hydrogens is 340 g/mol. The fraction of sp³-hybridized carbons (Fsp3) is 0.667. The van der Waals surface area contributed by atoms with E-state index in [0.717, 1.165) is 70.2 Å². The number of fused-ring (bicyclic) bond motifs is 1. The van der Waals surface area contributed by atoms with Gasteiger partial charge in [0.1, 0.15) is 5.82 Å². The number of β-amino-alcohol motifs (C(OH)–C–C–N with tert-alkyl or cyclic N) is 1. The molecule has 4 rings (SSSR count). The number of morpholine rings is 1. The van der Waals surface area contributed by atoms with Crippen LogP contribution in [-0.4, -0.2) is 76.0 Å². The number of hydrogen-bond donors (Lipinski definition) is 1. The smallest absolute Gasteiger partial charge is 0.123 e. The van der Waals surface area contributed by atoms with Crippen LogP contribution in [0, 0.1) is 5.41 Å². The molecule has 1 aromatic carbocycles. The predicted molar refractivity (Wildman–Crippen MR) is 107 cm³/mol. The van der Waals surface area contributed by atoms with Gasteiger partial charge < -0.3 is 14.4 Å². The van der Waals surface area contributed by atoms with E-state index in [1.165, 1.54) is 5.52 Å². The number of aliphatic hydroxyl groups is 1. The Labute approximate surface area is 161 Å². The van der Waals surface area contributed by atoms with Gasteiger partial charge >= 0.3 is 0 Å². The summed E-state index contributed by atoms with van der Waals surface area (Å²) < 4.78 is 7.64. The third-order valence-electron chi connectivity index (χ3n) is 6.55. The van der Waals surface area contributed by atoms with E-state index in [2.05, 4.69) is 53.5 Å². The quantitative estimate of drug-likeness (QED) is 0.888. The molecule has 148 valence electrons. The summed E-state index contributed by atoms with van der Waals surface area (Å²) in [4.78, 5) is 9.61. The van der Waals surface area contributed by atoms with Crippen molar-refractivity contribution in [3.63, 3.8) is 0 Å². The van der Waals surface area contributed by atoms with Gasteiger partial charge in [-0.1, -0.05) is 26.0 Å². The molecule has 2 fully saturated rings. The molecule has 2 saturated heterocycles. The lowest BCUT2D eigenvalue weighted by atomic mass is 9.69. The Morgan fingerprint density at radius 3 is 2.56 bits per heavy atom. The first-order chi connectivity index (χ1) is 12.9. The van der Waals surface area contributed by atoms with Crippen molar-refractivity contribution in [2.24, 2.45) is 12.5 Å². The van der Waals surface area contributed by atoms with Gasteiger partial charge in [0.15, 0.2) is 0 Å². The summed E-state index contributed by atoms with van der Waals surface area (Å²) in [5.41, 5.74) is 1.39. The lowest BCUT2D eigenvalue weighted by Gasteiger charge is -2.52. The van der Waals surface area contributed by atoms with Crippen LogP contribution in [0.1, 0.15) is 26.1 Å². The molecule has 6 heteroatoms. The molecule has 1 atom stereocenters. The van der Waals surface area contributed by atoms with Crippen molar-refractivity contribution in [1.29, 1.82) is 0 Å². The Bertz CT molecular complexity index is 797. The lowest BCUT2D eigenvalue weighted by molar-refractivity contribution is -0.141. The zero-order chi connectivity index (χ0) is 19.1. The van der Waals surface area contributed by atoms with Gasteiger partial charge in [-0.15, -0.1) is 0 Å². The molecular formula is C21H32N4O2. The van der Waals surface area contributed by atoms with Crippen molar-refractivity contribution in [2.75, 3.05) is 45.9 Å². The molecule has 0 unspecified atom stereocenters. The number of nitrogens with zero attached hydrogens (tertiary/aromatic N) is 4. The molecule has 0 saturated carbocycles. The number of rotatable bonds is 4. The summed E-state index contributed by atoms with van der Waals surface area (Å²) in [6.07, 6.45) is 0.793. The highest BCUT2D eigenvalue weighted by molar-refractivity contribution is 5.75. The zero-order valence-corrected chi connectivity index (χ0v) is 16.8. The highest BCUT2D eigenvalue weighted by atomic mass is 16.5. The molecule has 2 aliphatic heterocycles. The molecule has 1 aromatic heterocycles. The fourth-order valence-corrected chi connectivity index (χ4v) is 4.56. The van der Waals surface area contributed by atoms with Crippen molar-refractivity contribution >= 4 is 11.0 Å². The molecule has 1 N–H and O–H groups in total. The third-order valence-corrected chi connectivity index (χ3v) is 6.55.